The fourth-order valence-corrected chi connectivity index (χ4v) is 7.82. The maximum absolute atomic E-state index is 10.6. The van der Waals surface area contributed by atoms with E-state index in [9.17, 15) is 5.26 Å². The highest BCUT2D eigenvalue weighted by molar-refractivity contribution is 6.27. The lowest BCUT2D eigenvalue weighted by atomic mass is 10.1. The first-order chi connectivity index (χ1) is 23.3. The van der Waals surface area contributed by atoms with Crippen LogP contribution in [0.1, 0.15) is 5.56 Å². The highest BCUT2D eigenvalue weighted by atomic mass is 15.1. The summed E-state index contributed by atoms with van der Waals surface area (Å²) in [6.45, 7) is 0. The van der Waals surface area contributed by atoms with Crippen LogP contribution >= 0.6 is 0 Å². The number of nitriles is 1. The largest absolute Gasteiger partial charge is 0.309 e. The maximum Gasteiger partial charge on any atom is 0.101 e. The molecule has 4 nitrogen and oxygen atoms in total. The third-order valence-corrected chi connectivity index (χ3v) is 9.65. The van der Waals surface area contributed by atoms with Crippen molar-refractivity contribution in [3.05, 3.63) is 163 Å². The molecule has 0 amide bonds. The number of aromatic nitrogens is 3. The average Bonchev–Trinajstić information content (AvgIpc) is 3.78. The monoisotopic (exact) mass is 598 g/mol. The molecule has 47 heavy (non-hydrogen) atoms. The number of rotatable bonds is 3. The molecule has 0 spiro atoms. The smallest absolute Gasteiger partial charge is 0.101 e. The first kappa shape index (κ1) is 25.7. The molecular formula is C43H26N4. The number of benzene rings is 7. The molecule has 0 N–H and O–H groups in total. The maximum atomic E-state index is 10.6. The quantitative estimate of drug-likeness (QED) is 0.199. The molecule has 0 fully saturated rings. The highest BCUT2D eigenvalue weighted by Gasteiger charge is 2.24. The summed E-state index contributed by atoms with van der Waals surface area (Å²) in [6, 6.07) is 58.1. The van der Waals surface area contributed by atoms with Crippen molar-refractivity contribution < 1.29 is 0 Å². The lowest BCUT2D eigenvalue weighted by molar-refractivity contribution is 1.13. The van der Waals surface area contributed by atoms with E-state index in [4.69, 9.17) is 0 Å². The lowest BCUT2D eigenvalue weighted by Crippen LogP contribution is -2.01. The Bertz CT molecular complexity index is 2900. The zero-order valence-corrected chi connectivity index (χ0v) is 25.3. The van der Waals surface area contributed by atoms with Gasteiger partial charge in [-0.05, 0) is 54.6 Å². The molecule has 0 aliphatic heterocycles. The normalized spacial score (nSPS) is 11.8. The Morgan fingerprint density at radius 2 is 0.894 bits per heavy atom. The minimum Gasteiger partial charge on any atom is -0.309 e. The van der Waals surface area contributed by atoms with Crippen molar-refractivity contribution in [1.82, 2.24) is 13.7 Å². The molecule has 4 heteroatoms. The van der Waals surface area contributed by atoms with Gasteiger partial charge < -0.3 is 13.7 Å². The molecule has 0 aliphatic rings. The Morgan fingerprint density at radius 3 is 1.55 bits per heavy atom. The molecule has 0 atom stereocenters. The van der Waals surface area contributed by atoms with Crippen LogP contribution in [0.3, 0.4) is 0 Å². The van der Waals surface area contributed by atoms with Crippen molar-refractivity contribution in [2.45, 2.75) is 0 Å². The van der Waals surface area contributed by atoms with Gasteiger partial charge in [-0.15, -0.1) is 0 Å². The average molecular weight is 599 g/mol. The van der Waals surface area contributed by atoms with Crippen LogP contribution in [0.5, 0.6) is 0 Å². The Kier molecular flexibility index (Phi) is 5.32. The van der Waals surface area contributed by atoms with Crippen LogP contribution in [0.15, 0.2) is 158 Å². The molecule has 0 unspecified atom stereocenters. The number of hydrogen-bond acceptors (Lipinski definition) is 1. The first-order valence-corrected chi connectivity index (χ1v) is 15.9. The summed E-state index contributed by atoms with van der Waals surface area (Å²) in [4.78, 5) is 0. The van der Waals surface area contributed by atoms with Gasteiger partial charge in [-0.25, -0.2) is 0 Å². The Hall–Kier alpha value is -6.57. The molecule has 0 bridgehead atoms. The van der Waals surface area contributed by atoms with Gasteiger partial charge in [-0.3, -0.25) is 0 Å². The van der Waals surface area contributed by atoms with Crippen molar-refractivity contribution >= 4 is 65.4 Å². The third-order valence-electron chi connectivity index (χ3n) is 9.65. The number of nitrogens with zero attached hydrogens (tertiary/aromatic N) is 4. The van der Waals surface area contributed by atoms with Crippen LogP contribution in [0, 0.1) is 11.3 Å². The zero-order chi connectivity index (χ0) is 31.1. The van der Waals surface area contributed by atoms with Crippen LogP contribution in [0.2, 0.25) is 0 Å². The molecule has 0 aliphatic carbocycles. The topological polar surface area (TPSA) is 38.6 Å². The van der Waals surface area contributed by atoms with Gasteiger partial charge >= 0.3 is 0 Å². The highest BCUT2D eigenvalue weighted by Crippen LogP contribution is 2.44. The number of hydrogen-bond donors (Lipinski definition) is 0. The van der Waals surface area contributed by atoms with Crippen molar-refractivity contribution in [2.75, 3.05) is 0 Å². The SMILES string of the molecule is N#Cc1cccc2c3c(ccc4c5ccccc5n(-c5ccccc5)c43)n(-c3cccc4c5ccccc5n(-c5ccccc5)c34)c12. The molecule has 0 radical (unpaired) electrons. The second kappa shape index (κ2) is 9.71. The van der Waals surface area contributed by atoms with E-state index >= 15 is 0 Å². The molecule has 3 heterocycles. The molecule has 10 aromatic rings. The molecule has 7 aromatic carbocycles. The Labute approximate surface area is 270 Å². The van der Waals surface area contributed by atoms with Crippen LogP contribution in [0.4, 0.5) is 0 Å². The minimum atomic E-state index is 0.647. The van der Waals surface area contributed by atoms with E-state index in [1.54, 1.807) is 0 Å². The zero-order valence-electron chi connectivity index (χ0n) is 25.3. The van der Waals surface area contributed by atoms with Crippen molar-refractivity contribution in [1.29, 1.82) is 5.26 Å². The lowest BCUT2D eigenvalue weighted by Gasteiger charge is -2.15. The fourth-order valence-electron chi connectivity index (χ4n) is 7.82. The Balaban J connectivity index is 1.46. The summed E-state index contributed by atoms with van der Waals surface area (Å²) in [5.74, 6) is 0. The van der Waals surface area contributed by atoms with Gasteiger partial charge in [0.15, 0.2) is 0 Å². The van der Waals surface area contributed by atoms with E-state index < -0.39 is 0 Å². The van der Waals surface area contributed by atoms with E-state index in [-0.39, 0.29) is 0 Å². The van der Waals surface area contributed by atoms with Crippen LogP contribution in [-0.2, 0) is 0 Å². The summed E-state index contributed by atoms with van der Waals surface area (Å²) in [7, 11) is 0. The predicted octanol–water partition coefficient (Wildman–Crippen LogP) is 10.8. The van der Waals surface area contributed by atoms with Crippen LogP contribution in [0.25, 0.3) is 82.5 Å². The van der Waals surface area contributed by atoms with E-state index in [1.165, 1.54) is 21.5 Å². The van der Waals surface area contributed by atoms with Crippen molar-refractivity contribution in [3.8, 4) is 23.1 Å². The second-order valence-corrected chi connectivity index (χ2v) is 12.1. The summed E-state index contributed by atoms with van der Waals surface area (Å²) >= 11 is 0. The first-order valence-electron chi connectivity index (χ1n) is 15.9. The number of para-hydroxylation sites is 6. The minimum absolute atomic E-state index is 0.647. The van der Waals surface area contributed by atoms with Crippen LogP contribution < -0.4 is 0 Å². The van der Waals surface area contributed by atoms with Crippen molar-refractivity contribution in [2.24, 2.45) is 0 Å². The van der Waals surface area contributed by atoms with Crippen LogP contribution in [-0.4, -0.2) is 13.7 Å². The molecule has 3 aromatic heterocycles. The molecule has 10 rings (SSSR count). The summed E-state index contributed by atoms with van der Waals surface area (Å²) < 4.78 is 7.08. The summed E-state index contributed by atoms with van der Waals surface area (Å²) in [6.07, 6.45) is 0. The summed E-state index contributed by atoms with van der Waals surface area (Å²) in [5, 5.41) is 17.5. The van der Waals surface area contributed by atoms with Crippen molar-refractivity contribution in [3.63, 3.8) is 0 Å². The fraction of sp³-hybridized carbons (Fsp3) is 0. The molecule has 218 valence electrons. The second-order valence-electron chi connectivity index (χ2n) is 12.1. The van der Waals surface area contributed by atoms with E-state index in [1.807, 2.05) is 12.1 Å². The van der Waals surface area contributed by atoms with Gasteiger partial charge in [0.05, 0.1) is 44.4 Å². The van der Waals surface area contributed by atoms with Gasteiger partial charge in [0.2, 0.25) is 0 Å². The van der Waals surface area contributed by atoms with E-state index in [0.29, 0.717) is 5.56 Å². The number of fused-ring (bicyclic) bond motifs is 10. The predicted molar refractivity (Wildman–Crippen MR) is 194 cm³/mol. The summed E-state index contributed by atoms with van der Waals surface area (Å²) in [5.41, 5.74) is 10.4. The van der Waals surface area contributed by atoms with E-state index in [0.717, 1.165) is 60.9 Å². The molecule has 0 saturated heterocycles. The Morgan fingerprint density at radius 1 is 0.362 bits per heavy atom. The van der Waals surface area contributed by atoms with Gasteiger partial charge in [0.1, 0.15) is 6.07 Å². The van der Waals surface area contributed by atoms with Gasteiger partial charge in [0, 0.05) is 43.7 Å². The van der Waals surface area contributed by atoms with E-state index in [2.05, 4.69) is 165 Å². The van der Waals surface area contributed by atoms with Gasteiger partial charge in [-0.2, -0.15) is 5.26 Å². The standard InChI is InChI=1S/C43H26N4/c44-27-28-13-11-21-35-40-38(26-25-34-32-19-8-10-23-37(32)46(43(34)40)30-16-5-2-6-17-30)47(41(28)35)39-24-12-20-33-31-18-7-9-22-36(31)45(42(33)39)29-14-3-1-4-15-29/h1-26H. The van der Waals surface area contributed by atoms with Gasteiger partial charge in [-0.1, -0.05) is 103 Å². The molecular weight excluding hydrogens is 573 g/mol. The van der Waals surface area contributed by atoms with Gasteiger partial charge in [0.25, 0.3) is 0 Å². The third kappa shape index (κ3) is 3.46. The molecule has 0 saturated carbocycles.